The first-order valence-electron chi connectivity index (χ1n) is 10.3. The van der Waals surface area contributed by atoms with E-state index in [1.807, 2.05) is 54.4 Å². The highest BCUT2D eigenvalue weighted by molar-refractivity contribution is 5.97. The van der Waals surface area contributed by atoms with Crippen molar-refractivity contribution in [1.82, 2.24) is 14.8 Å². The van der Waals surface area contributed by atoms with Crippen LogP contribution >= 0.6 is 0 Å². The zero-order valence-corrected chi connectivity index (χ0v) is 17.2. The molecule has 2 aromatic carbocycles. The van der Waals surface area contributed by atoms with E-state index in [4.69, 9.17) is 4.74 Å². The number of piperidine rings is 1. The third kappa shape index (κ3) is 4.62. The number of methoxy groups -OCH3 is 1. The lowest BCUT2D eigenvalue weighted by Crippen LogP contribution is -2.39. The molecule has 1 aliphatic rings. The Balaban J connectivity index is 1.29. The predicted octanol–water partition coefficient (Wildman–Crippen LogP) is 4.16. The second kappa shape index (κ2) is 8.70. The van der Waals surface area contributed by atoms with Gasteiger partial charge in [-0.15, -0.1) is 0 Å². The zero-order valence-electron chi connectivity index (χ0n) is 17.2. The molecule has 1 fully saturated rings. The summed E-state index contributed by atoms with van der Waals surface area (Å²) in [6.07, 6.45) is 2.24. The first-order chi connectivity index (χ1) is 14.1. The zero-order chi connectivity index (χ0) is 20.2. The molecule has 2 heterocycles. The highest BCUT2D eigenvalue weighted by Gasteiger charge is 2.23. The van der Waals surface area contributed by atoms with Gasteiger partial charge in [0.25, 0.3) is 5.91 Å². The van der Waals surface area contributed by atoms with Gasteiger partial charge in [0.2, 0.25) is 0 Å². The van der Waals surface area contributed by atoms with Gasteiger partial charge in [-0.2, -0.15) is 0 Å². The summed E-state index contributed by atoms with van der Waals surface area (Å²) in [5.41, 5.74) is 2.97. The van der Waals surface area contributed by atoms with Gasteiger partial charge in [-0.05, 0) is 61.7 Å². The fourth-order valence-electron chi connectivity index (χ4n) is 4.22. The SMILES string of the molecule is COc1cccc(CN2CCC(CN(C)C(=O)c3cc4ccccc4[nH]3)CC2)c1. The molecule has 0 aliphatic carbocycles. The monoisotopic (exact) mass is 391 g/mol. The normalized spacial score (nSPS) is 15.5. The Hall–Kier alpha value is -2.79. The average molecular weight is 392 g/mol. The van der Waals surface area contributed by atoms with Crippen LogP contribution in [0.4, 0.5) is 0 Å². The molecule has 1 aromatic heterocycles. The molecule has 5 heteroatoms. The number of benzene rings is 2. The van der Waals surface area contributed by atoms with Crippen molar-refractivity contribution in [3.05, 3.63) is 65.9 Å². The molecule has 4 rings (SSSR count). The molecule has 1 N–H and O–H groups in total. The van der Waals surface area contributed by atoms with E-state index < -0.39 is 0 Å². The summed E-state index contributed by atoms with van der Waals surface area (Å²) in [7, 11) is 3.62. The molecule has 29 heavy (non-hydrogen) atoms. The third-order valence-electron chi connectivity index (χ3n) is 5.89. The average Bonchev–Trinajstić information content (AvgIpc) is 3.19. The molecule has 1 saturated heterocycles. The largest absolute Gasteiger partial charge is 0.497 e. The summed E-state index contributed by atoms with van der Waals surface area (Å²) >= 11 is 0. The molecule has 0 radical (unpaired) electrons. The van der Waals surface area contributed by atoms with Gasteiger partial charge in [0.15, 0.2) is 0 Å². The van der Waals surface area contributed by atoms with Crippen molar-refractivity contribution >= 4 is 16.8 Å². The first-order valence-corrected chi connectivity index (χ1v) is 10.3. The second-order valence-electron chi connectivity index (χ2n) is 8.03. The van der Waals surface area contributed by atoms with E-state index >= 15 is 0 Å². The lowest BCUT2D eigenvalue weighted by Gasteiger charge is -2.33. The molecule has 3 aromatic rings. The van der Waals surface area contributed by atoms with Crippen molar-refractivity contribution in [1.29, 1.82) is 0 Å². The van der Waals surface area contributed by atoms with Gasteiger partial charge in [-0.1, -0.05) is 30.3 Å². The number of aromatic nitrogens is 1. The van der Waals surface area contributed by atoms with Crippen molar-refractivity contribution in [3.8, 4) is 5.75 Å². The number of nitrogens with one attached hydrogen (secondary N) is 1. The van der Waals surface area contributed by atoms with Gasteiger partial charge >= 0.3 is 0 Å². The Morgan fingerprint density at radius 2 is 1.93 bits per heavy atom. The van der Waals surface area contributed by atoms with Crippen molar-refractivity contribution in [2.45, 2.75) is 19.4 Å². The minimum atomic E-state index is 0.0695. The fraction of sp³-hybridized carbons (Fsp3) is 0.375. The van der Waals surface area contributed by atoms with Crippen LogP contribution < -0.4 is 4.74 Å². The lowest BCUT2D eigenvalue weighted by molar-refractivity contribution is 0.0733. The second-order valence-corrected chi connectivity index (χ2v) is 8.03. The number of amides is 1. The Morgan fingerprint density at radius 1 is 1.14 bits per heavy atom. The molecule has 0 atom stereocenters. The van der Waals surface area contributed by atoms with E-state index in [2.05, 4.69) is 22.0 Å². The molecule has 1 amide bonds. The maximum atomic E-state index is 12.8. The molecular formula is C24H29N3O2. The minimum Gasteiger partial charge on any atom is -0.497 e. The van der Waals surface area contributed by atoms with Gasteiger partial charge in [0.1, 0.15) is 11.4 Å². The summed E-state index contributed by atoms with van der Waals surface area (Å²) in [5, 5.41) is 1.08. The first kappa shape index (κ1) is 19.5. The quantitative estimate of drug-likeness (QED) is 0.686. The molecule has 1 aliphatic heterocycles. The summed E-state index contributed by atoms with van der Waals surface area (Å²) in [4.78, 5) is 20.4. The number of fused-ring (bicyclic) bond motifs is 1. The summed E-state index contributed by atoms with van der Waals surface area (Å²) in [6.45, 7) is 3.89. The highest BCUT2D eigenvalue weighted by Crippen LogP contribution is 2.22. The number of hydrogen-bond acceptors (Lipinski definition) is 3. The lowest BCUT2D eigenvalue weighted by atomic mass is 9.96. The van der Waals surface area contributed by atoms with Gasteiger partial charge in [0, 0.05) is 31.0 Å². The smallest absolute Gasteiger partial charge is 0.270 e. The fourth-order valence-corrected chi connectivity index (χ4v) is 4.22. The number of nitrogens with zero attached hydrogens (tertiary/aromatic N) is 2. The van der Waals surface area contributed by atoms with Gasteiger partial charge < -0.3 is 14.6 Å². The predicted molar refractivity (Wildman–Crippen MR) is 116 cm³/mol. The Bertz CT molecular complexity index is 940. The van der Waals surface area contributed by atoms with Crippen LogP contribution in [0, 0.1) is 5.92 Å². The Morgan fingerprint density at radius 3 is 2.69 bits per heavy atom. The molecule has 152 valence electrons. The number of para-hydroxylation sites is 1. The van der Waals surface area contributed by atoms with Crippen molar-refractivity contribution in [2.75, 3.05) is 33.8 Å². The van der Waals surface area contributed by atoms with E-state index in [9.17, 15) is 4.79 Å². The number of carbonyl (C=O) groups is 1. The molecule has 0 bridgehead atoms. The van der Waals surface area contributed by atoms with Crippen molar-refractivity contribution in [3.63, 3.8) is 0 Å². The number of carbonyl (C=O) groups excluding carboxylic acids is 1. The Labute approximate surface area is 172 Å². The standard InChI is InChI=1S/C24H29N3O2/c1-26(24(28)23-15-20-7-3-4-9-22(20)25-23)16-18-10-12-27(13-11-18)17-19-6-5-8-21(14-19)29-2/h3-9,14-15,18,25H,10-13,16-17H2,1-2H3. The molecule has 0 spiro atoms. The maximum Gasteiger partial charge on any atom is 0.270 e. The van der Waals surface area contributed by atoms with Crippen LogP contribution in [0.2, 0.25) is 0 Å². The topological polar surface area (TPSA) is 48.6 Å². The molecule has 0 unspecified atom stereocenters. The van der Waals surface area contributed by atoms with Crippen LogP contribution in [-0.4, -0.2) is 54.5 Å². The van der Waals surface area contributed by atoms with Crippen LogP contribution in [0.5, 0.6) is 5.75 Å². The van der Waals surface area contributed by atoms with Crippen molar-refractivity contribution in [2.24, 2.45) is 5.92 Å². The van der Waals surface area contributed by atoms with Crippen LogP contribution in [0.1, 0.15) is 28.9 Å². The number of H-pyrrole nitrogens is 1. The van der Waals surface area contributed by atoms with E-state index in [-0.39, 0.29) is 5.91 Å². The molecular weight excluding hydrogens is 362 g/mol. The number of ether oxygens (including phenoxy) is 1. The van der Waals surface area contributed by atoms with E-state index in [0.29, 0.717) is 11.6 Å². The van der Waals surface area contributed by atoms with Gasteiger partial charge in [-0.25, -0.2) is 0 Å². The van der Waals surface area contributed by atoms with Crippen molar-refractivity contribution < 1.29 is 9.53 Å². The van der Waals surface area contributed by atoms with E-state index in [1.165, 1.54) is 5.56 Å². The Kier molecular flexibility index (Phi) is 5.86. The summed E-state index contributed by atoms with van der Waals surface area (Å²) in [5.74, 6) is 1.53. The summed E-state index contributed by atoms with van der Waals surface area (Å²) in [6, 6.07) is 18.3. The highest BCUT2D eigenvalue weighted by atomic mass is 16.5. The van der Waals surface area contributed by atoms with Gasteiger partial charge in [0.05, 0.1) is 7.11 Å². The number of aromatic amines is 1. The minimum absolute atomic E-state index is 0.0695. The number of rotatable bonds is 6. The van der Waals surface area contributed by atoms with Gasteiger partial charge in [-0.3, -0.25) is 9.69 Å². The van der Waals surface area contributed by atoms with E-state index in [0.717, 1.165) is 55.7 Å². The maximum absolute atomic E-state index is 12.8. The van der Waals surface area contributed by atoms with Crippen LogP contribution in [0.3, 0.4) is 0 Å². The van der Waals surface area contributed by atoms with Crippen LogP contribution in [0.15, 0.2) is 54.6 Å². The number of hydrogen-bond donors (Lipinski definition) is 1. The molecule has 0 saturated carbocycles. The van der Waals surface area contributed by atoms with Crippen LogP contribution in [-0.2, 0) is 6.54 Å². The third-order valence-corrected chi connectivity index (χ3v) is 5.89. The molecule has 5 nitrogen and oxygen atoms in total. The van der Waals surface area contributed by atoms with E-state index in [1.54, 1.807) is 7.11 Å². The summed E-state index contributed by atoms with van der Waals surface area (Å²) < 4.78 is 5.32. The number of likely N-dealkylation sites (tertiary alicyclic amines) is 1. The van der Waals surface area contributed by atoms with Crippen LogP contribution in [0.25, 0.3) is 10.9 Å².